The van der Waals surface area contributed by atoms with Gasteiger partial charge in [0.25, 0.3) is 0 Å². The van der Waals surface area contributed by atoms with Gasteiger partial charge in [-0.3, -0.25) is 0 Å². The van der Waals surface area contributed by atoms with Crippen molar-refractivity contribution in [3.8, 4) is 28.7 Å². The highest BCUT2D eigenvalue weighted by Gasteiger charge is 2.00. The van der Waals surface area contributed by atoms with Gasteiger partial charge in [0.05, 0.1) is 24.8 Å². The monoisotopic (exact) mass is 453 g/mol. The molecule has 0 saturated carbocycles. The second-order valence-electron chi connectivity index (χ2n) is 8.51. The molecule has 34 heavy (non-hydrogen) atoms. The molecule has 0 saturated heterocycles. The molecular weight excluding hydrogens is 418 g/mol. The maximum Gasteiger partial charge on any atom is 0.119 e. The molecule has 3 rings (SSSR count). The molecule has 3 nitrogen and oxygen atoms in total. The Balaban J connectivity index is 1.16. The third-order valence-electron chi connectivity index (χ3n) is 5.89. The van der Waals surface area contributed by atoms with Crippen LogP contribution < -0.4 is 9.47 Å². The fourth-order valence-electron chi connectivity index (χ4n) is 3.83. The standard InChI is InChI=1S/C31H35NO2/c1-2-26-13-19-30(20-14-26)33-23-9-7-5-3-4-6-8-10-24-34-31-21-17-29(18-22-31)28-15-11-27(25-32)12-16-28/h2,11-22H,1,3-10,23-24H2. The molecule has 0 spiro atoms. The number of hydrogen-bond acceptors (Lipinski definition) is 3. The van der Waals surface area contributed by atoms with Crippen LogP contribution in [-0.2, 0) is 0 Å². The molecule has 0 unspecified atom stereocenters. The molecule has 0 aromatic heterocycles. The number of benzene rings is 3. The summed E-state index contributed by atoms with van der Waals surface area (Å²) in [5.41, 5.74) is 4.04. The van der Waals surface area contributed by atoms with E-state index in [9.17, 15) is 0 Å². The van der Waals surface area contributed by atoms with Crippen LogP contribution in [-0.4, -0.2) is 13.2 Å². The molecule has 0 aliphatic heterocycles. The van der Waals surface area contributed by atoms with Gasteiger partial charge in [-0.25, -0.2) is 0 Å². The lowest BCUT2D eigenvalue weighted by Gasteiger charge is -2.08. The zero-order valence-corrected chi connectivity index (χ0v) is 20.0. The van der Waals surface area contributed by atoms with Crippen molar-refractivity contribution in [2.75, 3.05) is 13.2 Å². The van der Waals surface area contributed by atoms with Crippen LogP contribution in [0.3, 0.4) is 0 Å². The minimum absolute atomic E-state index is 0.681. The third-order valence-corrected chi connectivity index (χ3v) is 5.89. The van der Waals surface area contributed by atoms with Crippen molar-refractivity contribution in [3.63, 3.8) is 0 Å². The van der Waals surface area contributed by atoms with Crippen molar-refractivity contribution in [2.45, 2.75) is 51.4 Å². The van der Waals surface area contributed by atoms with Crippen molar-refractivity contribution >= 4 is 6.08 Å². The molecule has 0 N–H and O–H groups in total. The highest BCUT2D eigenvalue weighted by molar-refractivity contribution is 5.64. The van der Waals surface area contributed by atoms with Crippen LogP contribution in [0, 0.1) is 11.3 Å². The molecule has 0 atom stereocenters. The van der Waals surface area contributed by atoms with Gasteiger partial charge in [0.15, 0.2) is 0 Å². The molecule has 0 fully saturated rings. The van der Waals surface area contributed by atoms with Crippen LogP contribution in [0.4, 0.5) is 0 Å². The number of ether oxygens (including phenoxy) is 2. The Morgan fingerprint density at radius 3 is 1.44 bits per heavy atom. The van der Waals surface area contributed by atoms with Gasteiger partial charge < -0.3 is 9.47 Å². The first-order chi connectivity index (χ1) is 16.8. The molecule has 176 valence electrons. The summed E-state index contributed by atoms with van der Waals surface area (Å²) in [4.78, 5) is 0. The summed E-state index contributed by atoms with van der Waals surface area (Å²) < 4.78 is 11.7. The molecule has 3 heteroatoms. The highest BCUT2D eigenvalue weighted by Crippen LogP contribution is 2.23. The Morgan fingerprint density at radius 1 is 0.588 bits per heavy atom. The average molecular weight is 454 g/mol. The smallest absolute Gasteiger partial charge is 0.119 e. The van der Waals surface area contributed by atoms with Crippen molar-refractivity contribution in [1.82, 2.24) is 0 Å². The molecule has 0 aliphatic carbocycles. The summed E-state index contributed by atoms with van der Waals surface area (Å²) >= 11 is 0. The van der Waals surface area contributed by atoms with Gasteiger partial charge in [-0.15, -0.1) is 0 Å². The minimum Gasteiger partial charge on any atom is -0.494 e. The van der Waals surface area contributed by atoms with Crippen molar-refractivity contribution < 1.29 is 9.47 Å². The SMILES string of the molecule is C=Cc1ccc(OCCCCCCCCCCOc2ccc(-c3ccc(C#N)cc3)cc2)cc1. The lowest BCUT2D eigenvalue weighted by atomic mass is 10.0. The first kappa shape index (κ1) is 25.1. The van der Waals surface area contributed by atoms with E-state index in [1.54, 1.807) is 0 Å². The molecule has 0 amide bonds. The van der Waals surface area contributed by atoms with E-state index >= 15 is 0 Å². The molecular formula is C31H35NO2. The Bertz CT molecular complexity index is 1020. The van der Waals surface area contributed by atoms with Gasteiger partial charge in [-0.2, -0.15) is 5.26 Å². The number of unbranched alkanes of at least 4 members (excludes halogenated alkanes) is 7. The lowest BCUT2D eigenvalue weighted by Crippen LogP contribution is -1.98. The van der Waals surface area contributed by atoms with Crippen molar-refractivity contribution in [1.29, 1.82) is 5.26 Å². The molecule has 0 radical (unpaired) electrons. The van der Waals surface area contributed by atoms with Gasteiger partial charge in [0, 0.05) is 0 Å². The summed E-state index contributed by atoms with van der Waals surface area (Å²) in [6, 6.07) is 26.1. The van der Waals surface area contributed by atoms with E-state index in [4.69, 9.17) is 14.7 Å². The molecule has 0 heterocycles. The van der Waals surface area contributed by atoms with Gasteiger partial charge >= 0.3 is 0 Å². The van der Waals surface area contributed by atoms with Gasteiger partial charge in [-0.1, -0.05) is 87.6 Å². The fraction of sp³-hybridized carbons (Fsp3) is 0.323. The Morgan fingerprint density at radius 2 is 1.00 bits per heavy atom. The zero-order chi connectivity index (χ0) is 23.8. The molecule has 3 aromatic carbocycles. The first-order valence-electron chi connectivity index (χ1n) is 12.4. The van der Waals surface area contributed by atoms with E-state index in [0.717, 1.165) is 54.2 Å². The zero-order valence-electron chi connectivity index (χ0n) is 20.0. The van der Waals surface area contributed by atoms with E-state index in [2.05, 4.69) is 24.8 Å². The van der Waals surface area contributed by atoms with Crippen LogP contribution in [0.15, 0.2) is 79.4 Å². The Hall–Kier alpha value is -3.51. The highest BCUT2D eigenvalue weighted by atomic mass is 16.5. The average Bonchev–Trinajstić information content (AvgIpc) is 2.90. The maximum atomic E-state index is 8.91. The molecule has 0 aliphatic rings. The Kier molecular flexibility index (Phi) is 10.8. The summed E-state index contributed by atoms with van der Waals surface area (Å²) in [6.07, 6.45) is 11.6. The van der Waals surface area contributed by atoms with E-state index < -0.39 is 0 Å². The largest absolute Gasteiger partial charge is 0.494 e. The minimum atomic E-state index is 0.681. The number of nitriles is 1. The summed E-state index contributed by atoms with van der Waals surface area (Å²) in [6.45, 7) is 5.32. The van der Waals surface area contributed by atoms with Crippen molar-refractivity contribution in [2.24, 2.45) is 0 Å². The van der Waals surface area contributed by atoms with Crippen LogP contribution in [0.1, 0.15) is 62.5 Å². The lowest BCUT2D eigenvalue weighted by molar-refractivity contribution is 0.301. The normalized spacial score (nSPS) is 10.4. The molecule has 0 bridgehead atoms. The predicted octanol–water partition coefficient (Wildman–Crippen LogP) is 8.45. The topological polar surface area (TPSA) is 42.2 Å². The summed E-state index contributed by atoms with van der Waals surface area (Å²) in [5.74, 6) is 1.85. The van der Waals surface area contributed by atoms with E-state index in [1.807, 2.05) is 66.7 Å². The third kappa shape index (κ3) is 8.79. The predicted molar refractivity (Wildman–Crippen MR) is 141 cm³/mol. The van der Waals surface area contributed by atoms with Gasteiger partial charge in [0.2, 0.25) is 0 Å². The van der Waals surface area contributed by atoms with E-state index in [1.165, 1.54) is 38.5 Å². The molecule has 3 aromatic rings. The van der Waals surface area contributed by atoms with Crippen LogP contribution in [0.25, 0.3) is 17.2 Å². The summed E-state index contributed by atoms with van der Waals surface area (Å²) in [5, 5.41) is 8.91. The Labute approximate surface area is 204 Å². The number of rotatable bonds is 15. The van der Waals surface area contributed by atoms with Crippen LogP contribution in [0.5, 0.6) is 11.5 Å². The van der Waals surface area contributed by atoms with Crippen molar-refractivity contribution in [3.05, 3.63) is 90.5 Å². The number of hydrogen-bond donors (Lipinski definition) is 0. The van der Waals surface area contributed by atoms with E-state index in [0.29, 0.717) is 5.56 Å². The van der Waals surface area contributed by atoms with Crippen LogP contribution in [0.2, 0.25) is 0 Å². The summed E-state index contributed by atoms with van der Waals surface area (Å²) in [7, 11) is 0. The van der Waals surface area contributed by atoms with Crippen LogP contribution >= 0.6 is 0 Å². The first-order valence-corrected chi connectivity index (χ1v) is 12.4. The van der Waals surface area contributed by atoms with E-state index in [-0.39, 0.29) is 0 Å². The maximum absolute atomic E-state index is 8.91. The van der Waals surface area contributed by atoms with Gasteiger partial charge in [0.1, 0.15) is 11.5 Å². The second kappa shape index (κ2) is 14.6. The quantitative estimate of drug-likeness (QED) is 0.217. The number of nitrogens with zero attached hydrogens (tertiary/aromatic N) is 1. The van der Waals surface area contributed by atoms with Gasteiger partial charge in [-0.05, 0) is 65.9 Å². The fourth-order valence-corrected chi connectivity index (χ4v) is 3.83. The second-order valence-corrected chi connectivity index (χ2v) is 8.51.